The van der Waals surface area contributed by atoms with Crippen molar-refractivity contribution in [3.05, 3.63) is 82.7 Å². The van der Waals surface area contributed by atoms with Crippen LogP contribution in [0.15, 0.2) is 54.6 Å². The number of halogens is 3. The lowest BCUT2D eigenvalue weighted by atomic mass is 9.77. The summed E-state index contributed by atoms with van der Waals surface area (Å²) in [6.45, 7) is 5.93. The Balaban J connectivity index is 1.26. The molecule has 1 nitrogen and oxygen atoms in total. The first-order valence-electron chi connectivity index (χ1n) is 17.4. The fourth-order valence-corrected chi connectivity index (χ4v) is 7.52. The third-order valence-corrected chi connectivity index (χ3v) is 10.4. The molecule has 0 spiro atoms. The van der Waals surface area contributed by atoms with Gasteiger partial charge in [-0.2, -0.15) is 8.78 Å². The van der Waals surface area contributed by atoms with E-state index in [0.717, 1.165) is 43.6 Å². The van der Waals surface area contributed by atoms with Crippen LogP contribution in [0.1, 0.15) is 164 Å². The number of unbranched alkanes of at least 4 members (excludes halogenated alkanes) is 4. The van der Waals surface area contributed by atoms with Gasteiger partial charge in [0.15, 0.2) is 0 Å². The number of ether oxygens (including phenoxy) is 1. The molecule has 0 heterocycles. The molecule has 0 radical (unpaired) electrons. The molecule has 0 saturated heterocycles. The van der Waals surface area contributed by atoms with Crippen LogP contribution in [0.3, 0.4) is 0 Å². The Labute approximate surface area is 259 Å². The van der Waals surface area contributed by atoms with E-state index < -0.39 is 23.6 Å². The van der Waals surface area contributed by atoms with Crippen LogP contribution in [0.5, 0.6) is 0 Å². The van der Waals surface area contributed by atoms with Gasteiger partial charge in [-0.3, -0.25) is 0 Å². The molecule has 1 unspecified atom stereocenters. The van der Waals surface area contributed by atoms with Crippen molar-refractivity contribution in [1.29, 1.82) is 0 Å². The predicted molar refractivity (Wildman–Crippen MR) is 173 cm³/mol. The highest BCUT2D eigenvalue weighted by Crippen LogP contribution is 2.42. The molecule has 2 saturated carbocycles. The van der Waals surface area contributed by atoms with E-state index in [1.807, 2.05) is 19.1 Å². The molecule has 0 aliphatic heterocycles. The molecular weight excluding hydrogens is 541 g/mol. The molecule has 4 heteroatoms. The smallest absolute Gasteiger partial charge is 0.309 e. The highest BCUT2D eigenvalue weighted by atomic mass is 19.3. The average Bonchev–Trinajstić information content (AvgIpc) is 3.01. The molecule has 2 aliphatic rings. The summed E-state index contributed by atoms with van der Waals surface area (Å²) in [5.74, 6) is 1.46. The van der Waals surface area contributed by atoms with E-state index in [1.165, 1.54) is 88.3 Å². The summed E-state index contributed by atoms with van der Waals surface area (Å²) in [5, 5.41) is 0. The molecule has 4 rings (SSSR count). The number of alkyl halides is 2. The molecular formula is C39H55F3O. The van der Waals surface area contributed by atoms with E-state index in [9.17, 15) is 0 Å². The number of hydrogen-bond donors (Lipinski definition) is 0. The molecule has 1 atom stereocenters. The van der Waals surface area contributed by atoms with Gasteiger partial charge in [-0.15, -0.1) is 0 Å². The van der Waals surface area contributed by atoms with Crippen LogP contribution in [0.2, 0.25) is 0 Å². The lowest BCUT2D eigenvalue weighted by molar-refractivity contribution is -0.273. The van der Waals surface area contributed by atoms with E-state index in [2.05, 4.69) is 31.2 Å². The van der Waals surface area contributed by atoms with Crippen molar-refractivity contribution in [2.45, 2.75) is 148 Å². The first-order valence-corrected chi connectivity index (χ1v) is 17.4. The molecule has 2 aliphatic carbocycles. The fraction of sp³-hybridized carbons (Fsp3) is 0.641. The van der Waals surface area contributed by atoms with Gasteiger partial charge < -0.3 is 4.74 Å². The molecule has 0 bridgehead atoms. The number of hydrogen-bond acceptors (Lipinski definition) is 1. The lowest BCUT2D eigenvalue weighted by Gasteiger charge is -2.29. The Bertz CT molecular complexity index is 1110. The minimum Gasteiger partial charge on any atom is -0.309 e. The maximum atomic E-state index is 15.2. The number of benzene rings is 2. The second kappa shape index (κ2) is 16.8. The highest BCUT2D eigenvalue weighted by Gasteiger charge is 2.38. The zero-order valence-electron chi connectivity index (χ0n) is 26.9. The van der Waals surface area contributed by atoms with Gasteiger partial charge >= 0.3 is 6.11 Å². The Hall–Kier alpha value is -2.07. The highest BCUT2D eigenvalue weighted by molar-refractivity contribution is 5.30. The summed E-state index contributed by atoms with van der Waals surface area (Å²) in [4.78, 5) is 0. The standard InChI is InChI=1S/C39H55F3O/c1-4-6-8-9-11-13-31-14-18-33(19-15-31)34-24-22-32(23-25-34)29(3)43-39(41,42)37-27-26-36(28-38(37)40)35-20-16-30(17-21-35)12-10-7-5-2/h5,7,22-31,33,35H,4,6,8-21H2,1-3H3/b7-5+. The van der Waals surface area contributed by atoms with Gasteiger partial charge in [0.25, 0.3) is 0 Å². The van der Waals surface area contributed by atoms with Gasteiger partial charge in [0.1, 0.15) is 5.82 Å². The third-order valence-electron chi connectivity index (χ3n) is 10.4. The quantitative estimate of drug-likeness (QED) is 0.147. The van der Waals surface area contributed by atoms with Gasteiger partial charge in [0, 0.05) is 0 Å². The van der Waals surface area contributed by atoms with E-state index in [4.69, 9.17) is 4.74 Å². The van der Waals surface area contributed by atoms with Crippen LogP contribution in [-0.2, 0) is 10.8 Å². The van der Waals surface area contributed by atoms with Crippen molar-refractivity contribution in [2.75, 3.05) is 0 Å². The summed E-state index contributed by atoms with van der Waals surface area (Å²) in [6.07, 6.45) is 19.3. The normalized spacial score (nSPS) is 24.0. The molecule has 0 amide bonds. The van der Waals surface area contributed by atoms with Crippen molar-refractivity contribution in [3.63, 3.8) is 0 Å². The Morgan fingerprint density at radius 1 is 0.791 bits per heavy atom. The molecule has 43 heavy (non-hydrogen) atoms. The van der Waals surface area contributed by atoms with Gasteiger partial charge in [-0.1, -0.05) is 87.9 Å². The topological polar surface area (TPSA) is 9.23 Å². The summed E-state index contributed by atoms with van der Waals surface area (Å²) in [5.41, 5.74) is 2.13. The van der Waals surface area contributed by atoms with Crippen LogP contribution >= 0.6 is 0 Å². The Morgan fingerprint density at radius 3 is 1.98 bits per heavy atom. The maximum Gasteiger partial charge on any atom is 0.386 e. The molecule has 2 aromatic rings. The van der Waals surface area contributed by atoms with E-state index in [0.29, 0.717) is 17.4 Å². The zero-order chi connectivity index (χ0) is 30.7. The molecule has 2 fully saturated rings. The van der Waals surface area contributed by atoms with Crippen LogP contribution in [0.4, 0.5) is 13.2 Å². The molecule has 0 aromatic heterocycles. The monoisotopic (exact) mass is 596 g/mol. The second-order valence-corrected chi connectivity index (χ2v) is 13.5. The zero-order valence-corrected chi connectivity index (χ0v) is 26.9. The van der Waals surface area contributed by atoms with Crippen LogP contribution in [0, 0.1) is 17.7 Å². The van der Waals surface area contributed by atoms with Crippen LogP contribution in [-0.4, -0.2) is 0 Å². The van der Waals surface area contributed by atoms with Gasteiger partial charge in [0.2, 0.25) is 0 Å². The molecule has 0 N–H and O–H groups in total. The summed E-state index contributed by atoms with van der Waals surface area (Å²) in [7, 11) is 0. The lowest BCUT2D eigenvalue weighted by Crippen LogP contribution is -2.22. The second-order valence-electron chi connectivity index (χ2n) is 13.5. The van der Waals surface area contributed by atoms with Crippen molar-refractivity contribution >= 4 is 0 Å². The van der Waals surface area contributed by atoms with Gasteiger partial charge in [-0.25, -0.2) is 4.39 Å². The van der Waals surface area contributed by atoms with Gasteiger partial charge in [0.05, 0.1) is 11.7 Å². The average molecular weight is 597 g/mol. The minimum atomic E-state index is -3.71. The fourth-order valence-electron chi connectivity index (χ4n) is 7.52. The number of allylic oxidation sites excluding steroid dienone is 2. The van der Waals surface area contributed by atoms with Crippen molar-refractivity contribution in [2.24, 2.45) is 11.8 Å². The third kappa shape index (κ3) is 9.96. The molecule has 2 aromatic carbocycles. The first kappa shape index (κ1) is 33.8. The van der Waals surface area contributed by atoms with Crippen molar-refractivity contribution in [3.8, 4) is 0 Å². The largest absolute Gasteiger partial charge is 0.386 e. The molecule has 238 valence electrons. The first-order chi connectivity index (χ1) is 20.8. The number of rotatable bonds is 15. The van der Waals surface area contributed by atoms with E-state index in [-0.39, 0.29) is 5.92 Å². The summed E-state index contributed by atoms with van der Waals surface area (Å²) >= 11 is 0. The van der Waals surface area contributed by atoms with E-state index >= 15 is 13.2 Å². The van der Waals surface area contributed by atoms with E-state index in [1.54, 1.807) is 13.0 Å². The Morgan fingerprint density at radius 2 is 1.37 bits per heavy atom. The van der Waals surface area contributed by atoms with Crippen LogP contribution < -0.4 is 0 Å². The van der Waals surface area contributed by atoms with Crippen LogP contribution in [0.25, 0.3) is 0 Å². The van der Waals surface area contributed by atoms with Gasteiger partial charge in [-0.05, 0) is 131 Å². The maximum absolute atomic E-state index is 15.2. The minimum absolute atomic E-state index is 0.235. The SMILES string of the molecule is C/C=C/CCC1CCC(c2ccc(C(F)(F)OC(C)c3ccc(C4CCC(CCCCCCC)CC4)cc3)c(F)c2)CC1. The summed E-state index contributed by atoms with van der Waals surface area (Å²) in [6, 6.07) is 12.2. The summed E-state index contributed by atoms with van der Waals surface area (Å²) < 4.78 is 50.7. The predicted octanol–water partition coefficient (Wildman–Crippen LogP) is 12.9. The van der Waals surface area contributed by atoms with Crippen molar-refractivity contribution in [1.82, 2.24) is 0 Å². The van der Waals surface area contributed by atoms with Crippen molar-refractivity contribution < 1.29 is 17.9 Å². The Kier molecular flexibility index (Phi) is 13.3.